The minimum absolute atomic E-state index is 0.0264. The van der Waals surface area contributed by atoms with Crippen molar-refractivity contribution in [2.24, 2.45) is 0 Å². The first kappa shape index (κ1) is 90.5. The van der Waals surface area contributed by atoms with E-state index in [0.717, 1.165) is 32.1 Å². The topological polar surface area (TPSA) is 111 Å². The van der Waals surface area contributed by atoms with Crippen LogP contribution in [0, 0.1) is 0 Å². The number of nitrogens with zero attached hydrogens (tertiary/aromatic N) is 1. The van der Waals surface area contributed by atoms with Crippen LogP contribution in [0.3, 0.4) is 0 Å². The molecule has 0 N–H and O–H groups in total. The SMILES string of the molecule is CCCCCCCCCC/C=C\CCCCCCCCCCCCCCCCCCCCCCCCCCCCCC(=O)OC(COC(=O)CCCCCCCCCCCCCCCCCCC/C=C\CCCCCCCCCC)COP(=O)([O-])OCC[N+](C)(C)C. The number of unbranched alkanes of at least 4 members (excludes halogenated alkanes) is 60. The van der Waals surface area contributed by atoms with Crippen molar-refractivity contribution in [2.75, 3.05) is 47.5 Å². The van der Waals surface area contributed by atoms with E-state index >= 15 is 0 Å². The van der Waals surface area contributed by atoms with E-state index in [2.05, 4.69) is 38.2 Å². The Bertz CT molecular complexity index is 1600. The molecule has 0 rings (SSSR count). The average Bonchev–Trinajstić information content (AvgIpc) is 2.14. The van der Waals surface area contributed by atoms with E-state index in [1.54, 1.807) is 0 Å². The van der Waals surface area contributed by atoms with E-state index < -0.39 is 26.5 Å². The number of esters is 2. The molecule has 10 heteroatoms. The van der Waals surface area contributed by atoms with Crippen molar-refractivity contribution in [3.8, 4) is 0 Å². The Morgan fingerprint density at radius 3 is 0.804 bits per heavy atom. The number of allylic oxidation sites excluding steroid dienone is 4. The highest BCUT2D eigenvalue weighted by Gasteiger charge is 2.22. The molecule has 0 aliphatic rings. The first-order valence-electron chi connectivity index (χ1n) is 41.0. The van der Waals surface area contributed by atoms with Crippen molar-refractivity contribution in [3.63, 3.8) is 0 Å². The molecule has 0 aromatic heterocycles. The van der Waals surface area contributed by atoms with Gasteiger partial charge >= 0.3 is 11.9 Å². The first-order chi connectivity index (χ1) is 45.0. The third-order valence-corrected chi connectivity index (χ3v) is 19.9. The quantitative estimate of drug-likeness (QED) is 0.0195. The Morgan fingerprint density at radius 1 is 0.326 bits per heavy atom. The molecular formula is C82H160NO8P. The molecule has 0 bridgehead atoms. The lowest BCUT2D eigenvalue weighted by Crippen LogP contribution is -2.37. The summed E-state index contributed by atoms with van der Waals surface area (Å²) in [5.74, 6) is -0.805. The van der Waals surface area contributed by atoms with Gasteiger partial charge in [0.25, 0.3) is 7.82 Å². The van der Waals surface area contributed by atoms with Crippen molar-refractivity contribution in [3.05, 3.63) is 24.3 Å². The zero-order chi connectivity index (χ0) is 66.9. The van der Waals surface area contributed by atoms with Crippen molar-refractivity contribution < 1.29 is 42.1 Å². The van der Waals surface area contributed by atoms with Crippen LogP contribution in [-0.2, 0) is 32.7 Å². The molecule has 0 aliphatic heterocycles. The smallest absolute Gasteiger partial charge is 0.306 e. The molecule has 9 nitrogen and oxygen atoms in total. The van der Waals surface area contributed by atoms with E-state index in [4.69, 9.17) is 18.5 Å². The van der Waals surface area contributed by atoms with Gasteiger partial charge in [0.05, 0.1) is 27.7 Å². The average molecular weight is 1320 g/mol. The summed E-state index contributed by atoms with van der Waals surface area (Å²) in [6, 6.07) is 0. The highest BCUT2D eigenvalue weighted by Crippen LogP contribution is 2.38. The predicted molar refractivity (Wildman–Crippen MR) is 398 cm³/mol. The first-order valence-corrected chi connectivity index (χ1v) is 42.5. The normalized spacial score (nSPS) is 13.1. The fourth-order valence-corrected chi connectivity index (χ4v) is 13.4. The number of phosphoric ester groups is 1. The van der Waals surface area contributed by atoms with Gasteiger partial charge in [0, 0.05) is 12.8 Å². The molecule has 0 fully saturated rings. The lowest BCUT2D eigenvalue weighted by molar-refractivity contribution is -0.870. The van der Waals surface area contributed by atoms with Gasteiger partial charge in [0.2, 0.25) is 0 Å². The van der Waals surface area contributed by atoms with Crippen LogP contribution in [0.2, 0.25) is 0 Å². The molecule has 0 aromatic rings. The molecule has 2 atom stereocenters. The fourth-order valence-electron chi connectivity index (χ4n) is 12.7. The van der Waals surface area contributed by atoms with Gasteiger partial charge in [0.1, 0.15) is 19.8 Å². The van der Waals surface area contributed by atoms with Gasteiger partial charge < -0.3 is 27.9 Å². The maximum absolute atomic E-state index is 12.9. The van der Waals surface area contributed by atoms with E-state index in [0.29, 0.717) is 17.4 Å². The molecule has 0 aromatic carbocycles. The minimum atomic E-state index is -4.64. The third-order valence-electron chi connectivity index (χ3n) is 18.9. The number of likely N-dealkylation sites (N-methyl/N-ethyl adjacent to an activating group) is 1. The van der Waals surface area contributed by atoms with Crippen molar-refractivity contribution >= 4 is 19.8 Å². The maximum Gasteiger partial charge on any atom is 0.306 e. The monoisotopic (exact) mass is 1320 g/mol. The number of hydrogen-bond acceptors (Lipinski definition) is 8. The van der Waals surface area contributed by atoms with Gasteiger partial charge in [-0.05, 0) is 64.2 Å². The summed E-state index contributed by atoms with van der Waals surface area (Å²) < 4.78 is 34.4. The van der Waals surface area contributed by atoms with Crippen LogP contribution >= 0.6 is 7.82 Å². The van der Waals surface area contributed by atoms with Gasteiger partial charge in [-0.2, -0.15) is 0 Å². The Morgan fingerprint density at radius 2 is 0.554 bits per heavy atom. The highest BCUT2D eigenvalue weighted by molar-refractivity contribution is 7.45. The van der Waals surface area contributed by atoms with E-state index in [1.165, 1.54) is 372 Å². The summed E-state index contributed by atoms with van der Waals surface area (Å²) >= 11 is 0. The van der Waals surface area contributed by atoms with E-state index in [1.807, 2.05) is 21.1 Å². The number of ether oxygens (including phenoxy) is 2. The van der Waals surface area contributed by atoms with Crippen LogP contribution in [0.15, 0.2) is 24.3 Å². The van der Waals surface area contributed by atoms with Crippen molar-refractivity contribution in [1.82, 2.24) is 0 Å². The summed E-state index contributed by atoms with van der Waals surface area (Å²) in [5, 5.41) is 0. The highest BCUT2D eigenvalue weighted by atomic mass is 31.2. The predicted octanol–water partition coefficient (Wildman–Crippen LogP) is 26.5. The van der Waals surface area contributed by atoms with Crippen molar-refractivity contribution in [2.45, 2.75) is 444 Å². The Balaban J connectivity index is 3.87. The Kier molecular flexibility index (Phi) is 72.5. The summed E-state index contributed by atoms with van der Waals surface area (Å²) in [6.45, 7) is 4.33. The van der Waals surface area contributed by atoms with Crippen LogP contribution in [0.4, 0.5) is 0 Å². The van der Waals surface area contributed by atoms with Gasteiger partial charge in [-0.1, -0.05) is 385 Å². The number of carbonyl (C=O) groups excluding carboxylic acids is 2. The van der Waals surface area contributed by atoms with E-state index in [-0.39, 0.29) is 32.0 Å². The maximum atomic E-state index is 12.9. The molecular weight excluding hydrogens is 1160 g/mol. The standard InChI is InChI=1S/C82H160NO8P/c1-6-8-10-12-14-16-18-20-22-24-26-28-30-32-34-36-37-38-39-40-41-42-43-44-45-47-49-51-53-55-57-59-61-63-65-67-69-71-73-75-82(85)91-80(79-90-92(86,87)89-77-76-83(3,4)5)78-88-81(84)74-72-70-68-66-64-62-60-58-56-54-52-50-48-46-35-33-31-29-27-25-23-21-19-17-15-13-11-9-7-2/h24-27,80H,6-23,28-79H2,1-5H3/b26-24-,27-25-. The lowest BCUT2D eigenvalue weighted by Gasteiger charge is -2.28. The van der Waals surface area contributed by atoms with Gasteiger partial charge in [-0.3, -0.25) is 14.2 Å². The minimum Gasteiger partial charge on any atom is -0.756 e. The Hall–Kier alpha value is -1.51. The second kappa shape index (κ2) is 73.7. The number of carbonyl (C=O) groups is 2. The summed E-state index contributed by atoms with van der Waals surface area (Å²) in [7, 11) is 1.19. The van der Waals surface area contributed by atoms with Crippen LogP contribution in [0.5, 0.6) is 0 Å². The van der Waals surface area contributed by atoms with E-state index in [9.17, 15) is 19.0 Å². The molecule has 0 radical (unpaired) electrons. The molecule has 546 valence electrons. The molecule has 92 heavy (non-hydrogen) atoms. The molecule has 0 aliphatic carbocycles. The van der Waals surface area contributed by atoms with Crippen LogP contribution in [0.1, 0.15) is 438 Å². The number of phosphoric acid groups is 1. The summed E-state index contributed by atoms with van der Waals surface area (Å²) in [4.78, 5) is 38.2. The number of hydrogen-bond donors (Lipinski definition) is 0. The molecule has 0 amide bonds. The van der Waals surface area contributed by atoms with Crippen LogP contribution < -0.4 is 4.89 Å². The summed E-state index contributed by atoms with van der Waals surface area (Å²) in [6.07, 6.45) is 94.6. The fraction of sp³-hybridized carbons (Fsp3) is 0.927. The van der Waals surface area contributed by atoms with Gasteiger partial charge in [0.15, 0.2) is 6.10 Å². The molecule has 0 heterocycles. The van der Waals surface area contributed by atoms with Crippen LogP contribution in [-0.4, -0.2) is 70.0 Å². The second-order valence-electron chi connectivity index (χ2n) is 29.5. The zero-order valence-corrected chi connectivity index (χ0v) is 63.4. The van der Waals surface area contributed by atoms with Gasteiger partial charge in [-0.15, -0.1) is 0 Å². The second-order valence-corrected chi connectivity index (χ2v) is 30.9. The molecule has 0 saturated heterocycles. The Labute approximate surface area is 574 Å². The summed E-state index contributed by atoms with van der Waals surface area (Å²) in [5.41, 5.74) is 0. The molecule has 0 spiro atoms. The molecule has 0 saturated carbocycles. The van der Waals surface area contributed by atoms with Crippen LogP contribution in [0.25, 0.3) is 0 Å². The van der Waals surface area contributed by atoms with Crippen molar-refractivity contribution in [1.29, 1.82) is 0 Å². The zero-order valence-electron chi connectivity index (χ0n) is 62.5. The lowest BCUT2D eigenvalue weighted by atomic mass is 10.0. The largest absolute Gasteiger partial charge is 0.756 e. The van der Waals surface area contributed by atoms with Gasteiger partial charge in [-0.25, -0.2) is 0 Å². The number of rotatable bonds is 78. The molecule has 2 unspecified atom stereocenters. The third kappa shape index (κ3) is 77.5. The number of quaternary nitrogens is 1.